The first kappa shape index (κ1) is 12.8. The summed E-state index contributed by atoms with van der Waals surface area (Å²) in [6, 6.07) is 6.44. The number of nitrogens with two attached hydrogens (primary N) is 1. The van der Waals surface area contributed by atoms with Crippen molar-refractivity contribution in [3.8, 4) is 0 Å². The van der Waals surface area contributed by atoms with Gasteiger partial charge in [0.05, 0.1) is 24.5 Å². The fourth-order valence-corrected chi connectivity index (χ4v) is 1.86. The summed E-state index contributed by atoms with van der Waals surface area (Å²) in [6.07, 6.45) is 2.81. The lowest BCUT2D eigenvalue weighted by Gasteiger charge is -2.05. The maximum Gasteiger partial charge on any atom is 0.0994 e. The highest BCUT2D eigenvalue weighted by atomic mass is 15.4. The van der Waals surface area contributed by atoms with Crippen LogP contribution in [0.15, 0.2) is 24.4 Å². The van der Waals surface area contributed by atoms with Gasteiger partial charge in [0.2, 0.25) is 0 Å². The normalized spacial score (nSPS) is 12.7. The highest BCUT2D eigenvalue weighted by molar-refractivity contribution is 5.29. The monoisotopic (exact) mass is 244 g/mol. The minimum atomic E-state index is -0.0153. The van der Waals surface area contributed by atoms with Crippen LogP contribution in [-0.2, 0) is 6.54 Å². The van der Waals surface area contributed by atoms with Crippen molar-refractivity contribution in [2.45, 2.75) is 39.8 Å². The molecule has 4 heteroatoms. The van der Waals surface area contributed by atoms with E-state index in [1.807, 2.05) is 17.8 Å². The fraction of sp³-hybridized carbons (Fsp3) is 0.429. The Morgan fingerprint density at radius 3 is 2.72 bits per heavy atom. The molecule has 18 heavy (non-hydrogen) atoms. The molecule has 0 aliphatic carbocycles. The molecule has 1 heterocycles. The Hall–Kier alpha value is -1.68. The van der Waals surface area contributed by atoms with Crippen LogP contribution in [0.3, 0.4) is 0 Å². The molecule has 2 N–H and O–H groups in total. The molecule has 1 atom stereocenters. The largest absolute Gasteiger partial charge is 0.323 e. The predicted molar refractivity (Wildman–Crippen MR) is 72.3 cm³/mol. The van der Waals surface area contributed by atoms with E-state index in [9.17, 15) is 0 Å². The van der Waals surface area contributed by atoms with Crippen molar-refractivity contribution >= 4 is 0 Å². The highest BCUT2D eigenvalue weighted by Crippen LogP contribution is 2.13. The Morgan fingerprint density at radius 2 is 2.06 bits per heavy atom. The van der Waals surface area contributed by atoms with Crippen molar-refractivity contribution in [1.29, 1.82) is 0 Å². The van der Waals surface area contributed by atoms with Gasteiger partial charge in [-0.15, -0.1) is 5.10 Å². The van der Waals surface area contributed by atoms with E-state index in [-0.39, 0.29) is 6.04 Å². The van der Waals surface area contributed by atoms with Gasteiger partial charge < -0.3 is 5.73 Å². The highest BCUT2D eigenvalue weighted by Gasteiger charge is 2.08. The Bertz CT molecular complexity index is 530. The van der Waals surface area contributed by atoms with Crippen LogP contribution in [0.5, 0.6) is 0 Å². The topological polar surface area (TPSA) is 56.7 Å². The number of aromatic nitrogens is 3. The van der Waals surface area contributed by atoms with Crippen molar-refractivity contribution in [2.75, 3.05) is 0 Å². The lowest BCUT2D eigenvalue weighted by molar-refractivity contribution is 0.644. The molecule has 0 aliphatic rings. The summed E-state index contributed by atoms with van der Waals surface area (Å²) >= 11 is 0. The summed E-state index contributed by atoms with van der Waals surface area (Å²) in [5.41, 5.74) is 10.6. The fourth-order valence-electron chi connectivity index (χ4n) is 1.86. The van der Waals surface area contributed by atoms with Gasteiger partial charge in [-0.1, -0.05) is 30.3 Å². The Labute approximate surface area is 108 Å². The van der Waals surface area contributed by atoms with Crippen molar-refractivity contribution < 1.29 is 0 Å². The molecular formula is C14H20N4. The molecule has 1 aromatic heterocycles. The molecule has 1 aromatic carbocycles. The number of aryl methyl sites for hydroxylation is 2. The zero-order chi connectivity index (χ0) is 13.1. The van der Waals surface area contributed by atoms with E-state index < -0.39 is 0 Å². The molecule has 0 radical (unpaired) electrons. The van der Waals surface area contributed by atoms with E-state index in [0.29, 0.717) is 0 Å². The second-order valence-corrected chi connectivity index (χ2v) is 4.77. The van der Waals surface area contributed by atoms with Crippen molar-refractivity contribution in [2.24, 2.45) is 5.73 Å². The minimum Gasteiger partial charge on any atom is -0.323 e. The number of nitrogens with zero attached hydrogens (tertiary/aromatic N) is 3. The summed E-state index contributed by atoms with van der Waals surface area (Å²) in [5, 5.41) is 8.23. The summed E-state index contributed by atoms with van der Waals surface area (Å²) in [5.74, 6) is 0. The minimum absolute atomic E-state index is 0.0153. The molecule has 1 unspecified atom stereocenters. The van der Waals surface area contributed by atoms with Crippen LogP contribution < -0.4 is 5.73 Å². The Kier molecular flexibility index (Phi) is 3.77. The van der Waals surface area contributed by atoms with Crippen LogP contribution >= 0.6 is 0 Å². The molecular weight excluding hydrogens is 224 g/mol. The van der Waals surface area contributed by atoms with Gasteiger partial charge in [0.15, 0.2) is 0 Å². The summed E-state index contributed by atoms with van der Waals surface area (Å²) in [7, 11) is 0. The van der Waals surface area contributed by atoms with E-state index in [1.165, 1.54) is 16.7 Å². The van der Waals surface area contributed by atoms with Crippen molar-refractivity contribution in [3.63, 3.8) is 0 Å². The van der Waals surface area contributed by atoms with Crippen LogP contribution in [0.4, 0.5) is 0 Å². The molecule has 0 bridgehead atoms. The first-order valence-electron chi connectivity index (χ1n) is 6.32. The first-order valence-corrected chi connectivity index (χ1v) is 6.32. The molecule has 2 aromatic rings. The van der Waals surface area contributed by atoms with Crippen LogP contribution in [0.25, 0.3) is 0 Å². The Morgan fingerprint density at radius 1 is 1.28 bits per heavy atom. The second kappa shape index (κ2) is 5.31. The molecule has 4 nitrogen and oxygen atoms in total. The third-order valence-corrected chi connectivity index (χ3v) is 3.29. The van der Waals surface area contributed by atoms with E-state index >= 15 is 0 Å². The molecule has 0 saturated carbocycles. The van der Waals surface area contributed by atoms with Crippen LogP contribution in [0.1, 0.15) is 41.8 Å². The molecule has 96 valence electrons. The lowest BCUT2D eigenvalue weighted by Crippen LogP contribution is -2.08. The maximum atomic E-state index is 5.93. The standard InChI is InChI=1S/C14H20N4/c1-4-13(15)14-9-18(17-16-14)8-12-6-5-10(2)11(3)7-12/h5-7,9,13H,4,8,15H2,1-3H3. The third-order valence-electron chi connectivity index (χ3n) is 3.29. The average Bonchev–Trinajstić information content (AvgIpc) is 2.81. The maximum absolute atomic E-state index is 5.93. The predicted octanol–water partition coefficient (Wildman–Crippen LogP) is 2.35. The number of rotatable bonds is 4. The quantitative estimate of drug-likeness (QED) is 0.898. The average molecular weight is 244 g/mol. The van der Waals surface area contributed by atoms with Gasteiger partial charge in [0.25, 0.3) is 0 Å². The van der Waals surface area contributed by atoms with Gasteiger partial charge in [0.1, 0.15) is 0 Å². The van der Waals surface area contributed by atoms with Crippen LogP contribution in [-0.4, -0.2) is 15.0 Å². The van der Waals surface area contributed by atoms with Crippen molar-refractivity contribution in [3.05, 3.63) is 46.8 Å². The van der Waals surface area contributed by atoms with E-state index in [1.54, 1.807) is 0 Å². The van der Waals surface area contributed by atoms with Crippen LogP contribution in [0.2, 0.25) is 0 Å². The van der Waals surface area contributed by atoms with E-state index in [0.717, 1.165) is 18.7 Å². The van der Waals surface area contributed by atoms with Gasteiger partial charge >= 0.3 is 0 Å². The van der Waals surface area contributed by atoms with E-state index in [2.05, 4.69) is 42.4 Å². The number of hydrogen-bond donors (Lipinski definition) is 1. The summed E-state index contributed by atoms with van der Waals surface area (Å²) in [6.45, 7) is 7.03. The number of hydrogen-bond acceptors (Lipinski definition) is 3. The summed E-state index contributed by atoms with van der Waals surface area (Å²) < 4.78 is 1.84. The van der Waals surface area contributed by atoms with E-state index in [4.69, 9.17) is 5.73 Å². The zero-order valence-electron chi connectivity index (χ0n) is 11.2. The molecule has 2 rings (SSSR count). The van der Waals surface area contributed by atoms with Gasteiger partial charge in [-0.2, -0.15) is 0 Å². The van der Waals surface area contributed by atoms with Crippen LogP contribution in [0, 0.1) is 13.8 Å². The second-order valence-electron chi connectivity index (χ2n) is 4.77. The number of benzene rings is 1. The smallest absolute Gasteiger partial charge is 0.0994 e. The molecule has 0 aliphatic heterocycles. The SMILES string of the molecule is CCC(N)c1cn(Cc2ccc(C)c(C)c2)nn1. The van der Waals surface area contributed by atoms with Gasteiger partial charge in [0, 0.05) is 0 Å². The third kappa shape index (κ3) is 2.76. The molecule has 0 saturated heterocycles. The van der Waals surface area contributed by atoms with Gasteiger partial charge in [-0.3, -0.25) is 0 Å². The zero-order valence-corrected chi connectivity index (χ0v) is 11.2. The first-order chi connectivity index (χ1) is 8.60. The molecule has 0 amide bonds. The Balaban J connectivity index is 2.13. The van der Waals surface area contributed by atoms with Crippen molar-refractivity contribution in [1.82, 2.24) is 15.0 Å². The van der Waals surface area contributed by atoms with Gasteiger partial charge in [-0.05, 0) is 37.0 Å². The molecule has 0 fully saturated rings. The molecule has 0 spiro atoms. The summed E-state index contributed by atoms with van der Waals surface area (Å²) in [4.78, 5) is 0. The lowest BCUT2D eigenvalue weighted by atomic mass is 10.1. The van der Waals surface area contributed by atoms with Gasteiger partial charge in [-0.25, -0.2) is 4.68 Å².